The lowest BCUT2D eigenvalue weighted by Crippen LogP contribution is -2.48. The Balaban J connectivity index is 1.29. The molecule has 1 amide bonds. The van der Waals surface area contributed by atoms with Crippen molar-refractivity contribution in [2.24, 2.45) is 13.0 Å². The fourth-order valence-corrected chi connectivity index (χ4v) is 5.28. The molecule has 4 aromatic rings. The van der Waals surface area contributed by atoms with Crippen molar-refractivity contribution < 1.29 is 19.1 Å². The number of amides is 1. The summed E-state index contributed by atoms with van der Waals surface area (Å²) in [4.78, 5) is 33.4. The monoisotopic (exact) mass is 601 g/mol. The van der Waals surface area contributed by atoms with Gasteiger partial charge in [0.25, 0.3) is 5.91 Å². The standard InChI is InChI=1S/C31H39N9O4/c1-19(2)30(44-31(42)43-20(3)4)40-36-27(35-37-40)26-25(17-33-38(26)6)22-11-13-23(14-12-22)29(41)34-24-10-8-16-39(18-24)28-21(5)9-7-15-32-28/h7,9,11-15,17,19-20,24,30H,8,10,16,18H2,1-6H3,(H,34,41)/t24-,30?/m1/s1. The lowest BCUT2D eigenvalue weighted by molar-refractivity contribution is -0.0473. The maximum atomic E-state index is 13.2. The molecule has 0 radical (unpaired) electrons. The molecular weight excluding hydrogens is 562 g/mol. The van der Waals surface area contributed by atoms with E-state index >= 15 is 0 Å². The van der Waals surface area contributed by atoms with Crippen LogP contribution in [0.5, 0.6) is 0 Å². The topological polar surface area (TPSA) is 142 Å². The molecule has 1 fully saturated rings. The minimum absolute atomic E-state index is 0.0295. The smallest absolute Gasteiger partial charge is 0.432 e. The molecule has 1 N–H and O–H groups in total. The number of piperidine rings is 1. The Morgan fingerprint density at radius 1 is 1.07 bits per heavy atom. The molecule has 1 saturated heterocycles. The predicted octanol–water partition coefficient (Wildman–Crippen LogP) is 4.56. The maximum Gasteiger partial charge on any atom is 0.510 e. The third-order valence-corrected chi connectivity index (χ3v) is 7.42. The van der Waals surface area contributed by atoms with Crippen molar-refractivity contribution in [1.29, 1.82) is 0 Å². The Labute approximate surface area is 256 Å². The first-order valence-corrected chi connectivity index (χ1v) is 14.9. The molecule has 2 atom stereocenters. The Morgan fingerprint density at radius 2 is 1.84 bits per heavy atom. The van der Waals surface area contributed by atoms with Crippen LogP contribution in [-0.2, 0) is 16.5 Å². The van der Waals surface area contributed by atoms with Crippen LogP contribution in [0.2, 0.25) is 0 Å². The summed E-state index contributed by atoms with van der Waals surface area (Å²) in [6.07, 6.45) is 3.50. The number of benzene rings is 1. The number of aromatic nitrogens is 7. The second kappa shape index (κ2) is 13.2. The van der Waals surface area contributed by atoms with Crippen molar-refractivity contribution in [3.05, 3.63) is 59.9 Å². The van der Waals surface area contributed by atoms with Gasteiger partial charge in [-0.05, 0) is 68.2 Å². The van der Waals surface area contributed by atoms with Gasteiger partial charge < -0.3 is 19.7 Å². The molecule has 0 saturated carbocycles. The van der Waals surface area contributed by atoms with E-state index in [1.165, 1.54) is 4.80 Å². The van der Waals surface area contributed by atoms with E-state index in [0.717, 1.165) is 48.4 Å². The Kier molecular flexibility index (Phi) is 9.21. The van der Waals surface area contributed by atoms with Crippen LogP contribution in [0, 0.1) is 12.8 Å². The number of nitrogens with zero attached hydrogens (tertiary/aromatic N) is 8. The SMILES string of the molecule is Cc1cccnc1N1CCC[C@@H](NC(=O)c2ccc(-c3cnn(C)c3-c3nnn(C(OC(=O)OC(C)C)C(C)C)n3)cc2)C1. The second-order valence-corrected chi connectivity index (χ2v) is 11.6. The molecule has 44 heavy (non-hydrogen) atoms. The van der Waals surface area contributed by atoms with Gasteiger partial charge in [-0.1, -0.05) is 32.0 Å². The summed E-state index contributed by atoms with van der Waals surface area (Å²) in [7, 11) is 1.79. The number of ether oxygens (including phenoxy) is 2. The van der Waals surface area contributed by atoms with Gasteiger partial charge in [0, 0.05) is 49.4 Å². The van der Waals surface area contributed by atoms with Gasteiger partial charge >= 0.3 is 6.16 Å². The van der Waals surface area contributed by atoms with Gasteiger partial charge in [-0.25, -0.2) is 9.78 Å². The number of anilines is 1. The second-order valence-electron chi connectivity index (χ2n) is 11.6. The summed E-state index contributed by atoms with van der Waals surface area (Å²) in [5.74, 6) is 1.03. The zero-order valence-corrected chi connectivity index (χ0v) is 26.0. The molecule has 0 aliphatic carbocycles. The number of hydrogen-bond acceptors (Lipinski definition) is 10. The summed E-state index contributed by atoms with van der Waals surface area (Å²) in [5.41, 5.74) is 3.94. The maximum absolute atomic E-state index is 13.2. The summed E-state index contributed by atoms with van der Waals surface area (Å²) in [6, 6.07) is 11.4. The van der Waals surface area contributed by atoms with E-state index in [4.69, 9.17) is 9.47 Å². The van der Waals surface area contributed by atoms with E-state index in [-0.39, 0.29) is 24.0 Å². The van der Waals surface area contributed by atoms with Crippen molar-refractivity contribution in [1.82, 2.24) is 40.3 Å². The van der Waals surface area contributed by atoms with Crippen molar-refractivity contribution in [3.8, 4) is 22.6 Å². The zero-order chi connectivity index (χ0) is 31.4. The fourth-order valence-electron chi connectivity index (χ4n) is 5.28. The average Bonchev–Trinajstić information content (AvgIpc) is 3.62. The van der Waals surface area contributed by atoms with E-state index in [1.807, 2.05) is 32.0 Å². The van der Waals surface area contributed by atoms with Crippen molar-refractivity contribution in [3.63, 3.8) is 0 Å². The molecular formula is C31H39N9O4. The largest absolute Gasteiger partial charge is 0.510 e. The number of pyridine rings is 1. The van der Waals surface area contributed by atoms with E-state index in [2.05, 4.69) is 48.7 Å². The van der Waals surface area contributed by atoms with Crippen LogP contribution in [0.25, 0.3) is 22.6 Å². The molecule has 1 aliphatic rings. The summed E-state index contributed by atoms with van der Waals surface area (Å²) >= 11 is 0. The van der Waals surface area contributed by atoms with Crippen LogP contribution in [0.1, 0.15) is 62.7 Å². The van der Waals surface area contributed by atoms with Gasteiger partial charge in [0.15, 0.2) is 0 Å². The average molecular weight is 602 g/mol. The van der Waals surface area contributed by atoms with Crippen molar-refractivity contribution in [2.45, 2.75) is 65.8 Å². The van der Waals surface area contributed by atoms with Gasteiger partial charge in [0.05, 0.1) is 12.3 Å². The number of carbonyl (C=O) groups excluding carboxylic acids is 2. The van der Waals surface area contributed by atoms with Gasteiger partial charge in [0.1, 0.15) is 11.5 Å². The Bertz CT molecular complexity index is 1600. The molecule has 3 aromatic heterocycles. The molecule has 0 spiro atoms. The predicted molar refractivity (Wildman–Crippen MR) is 164 cm³/mol. The molecule has 1 aromatic carbocycles. The van der Waals surface area contributed by atoms with Gasteiger partial charge in [-0.15, -0.1) is 15.0 Å². The molecule has 4 heterocycles. The normalized spacial score (nSPS) is 15.8. The first kappa shape index (κ1) is 30.6. The lowest BCUT2D eigenvalue weighted by atomic mass is 10.0. The number of carbonyl (C=O) groups is 2. The third-order valence-electron chi connectivity index (χ3n) is 7.42. The van der Waals surface area contributed by atoms with E-state index in [9.17, 15) is 9.59 Å². The summed E-state index contributed by atoms with van der Waals surface area (Å²) < 4.78 is 12.3. The van der Waals surface area contributed by atoms with Crippen LogP contribution in [0.3, 0.4) is 0 Å². The van der Waals surface area contributed by atoms with Crippen LogP contribution in [0.15, 0.2) is 48.8 Å². The molecule has 13 heteroatoms. The highest BCUT2D eigenvalue weighted by Crippen LogP contribution is 2.30. The van der Waals surface area contributed by atoms with E-state index < -0.39 is 12.4 Å². The van der Waals surface area contributed by atoms with E-state index in [1.54, 1.807) is 50.1 Å². The number of tetrazole rings is 1. The van der Waals surface area contributed by atoms with Gasteiger partial charge in [-0.3, -0.25) is 9.48 Å². The van der Waals surface area contributed by atoms with Crippen LogP contribution in [0.4, 0.5) is 10.6 Å². The van der Waals surface area contributed by atoms with Crippen LogP contribution < -0.4 is 10.2 Å². The lowest BCUT2D eigenvalue weighted by Gasteiger charge is -2.34. The Morgan fingerprint density at radius 3 is 2.55 bits per heavy atom. The van der Waals surface area contributed by atoms with Gasteiger partial charge in [0.2, 0.25) is 12.1 Å². The minimum Gasteiger partial charge on any atom is -0.432 e. The number of rotatable bonds is 9. The highest BCUT2D eigenvalue weighted by Gasteiger charge is 2.27. The molecule has 1 unspecified atom stereocenters. The first-order valence-electron chi connectivity index (χ1n) is 14.9. The van der Waals surface area contributed by atoms with Gasteiger partial charge in [-0.2, -0.15) is 5.10 Å². The van der Waals surface area contributed by atoms with Crippen molar-refractivity contribution in [2.75, 3.05) is 18.0 Å². The number of nitrogens with one attached hydrogen (secondary N) is 1. The minimum atomic E-state index is -0.804. The number of aryl methyl sites for hydroxylation is 2. The van der Waals surface area contributed by atoms with E-state index in [0.29, 0.717) is 17.1 Å². The molecule has 1 aliphatic heterocycles. The number of hydrogen-bond donors (Lipinski definition) is 1. The molecule has 13 nitrogen and oxygen atoms in total. The third kappa shape index (κ3) is 6.87. The zero-order valence-electron chi connectivity index (χ0n) is 26.0. The molecule has 0 bridgehead atoms. The highest BCUT2D eigenvalue weighted by molar-refractivity contribution is 5.95. The summed E-state index contributed by atoms with van der Waals surface area (Å²) in [5, 5.41) is 20.5. The fraction of sp³-hybridized carbons (Fsp3) is 0.452. The molecule has 232 valence electrons. The first-order chi connectivity index (χ1) is 21.1. The van der Waals surface area contributed by atoms with Crippen LogP contribution in [-0.4, -0.2) is 72.3 Å². The quantitative estimate of drug-likeness (QED) is 0.271. The van der Waals surface area contributed by atoms with Crippen LogP contribution >= 0.6 is 0 Å². The van der Waals surface area contributed by atoms with Crippen molar-refractivity contribution >= 4 is 17.9 Å². The Hall–Kier alpha value is -4.81. The highest BCUT2D eigenvalue weighted by atomic mass is 16.7. The summed E-state index contributed by atoms with van der Waals surface area (Å²) in [6.45, 7) is 11.0. The molecule has 5 rings (SSSR count).